The van der Waals surface area contributed by atoms with Gasteiger partial charge in [0.25, 0.3) is 0 Å². The minimum atomic E-state index is -0.0770. The molecule has 0 unspecified atom stereocenters. The molecule has 156 valence electrons. The number of likely N-dealkylation sites (N-methyl/N-ethyl adjacent to an activating group) is 1. The first kappa shape index (κ1) is 19.1. The summed E-state index contributed by atoms with van der Waals surface area (Å²) < 4.78 is 11.7. The molecule has 1 fully saturated rings. The van der Waals surface area contributed by atoms with Gasteiger partial charge in [-0.05, 0) is 31.3 Å². The van der Waals surface area contributed by atoms with Crippen molar-refractivity contribution in [1.82, 2.24) is 14.9 Å². The first-order valence-electron chi connectivity index (χ1n) is 10.5. The number of anilines is 2. The summed E-state index contributed by atoms with van der Waals surface area (Å²) in [6.07, 6.45) is 1.78. The molecule has 0 bridgehead atoms. The maximum Gasteiger partial charge on any atom is 0.318 e. The van der Waals surface area contributed by atoms with Gasteiger partial charge >= 0.3 is 6.01 Å². The summed E-state index contributed by atoms with van der Waals surface area (Å²) in [5, 5.41) is 2.49. The fourth-order valence-electron chi connectivity index (χ4n) is 4.32. The quantitative estimate of drug-likeness (QED) is 0.715. The first-order chi connectivity index (χ1) is 14.7. The highest BCUT2D eigenvalue weighted by atomic mass is 16.6. The van der Waals surface area contributed by atoms with Crippen molar-refractivity contribution in [3.05, 3.63) is 53.7 Å². The minimum Gasteiger partial charge on any atom is -0.459 e. The molecule has 2 N–H and O–H groups in total. The summed E-state index contributed by atoms with van der Waals surface area (Å²) in [5.74, 6) is 0.519. The molecule has 0 radical (unpaired) electrons. The summed E-state index contributed by atoms with van der Waals surface area (Å²) in [6, 6.07) is 15.2. The zero-order chi connectivity index (χ0) is 20.5. The third-order valence-electron chi connectivity index (χ3n) is 6.00. The standard InChI is InChI=1S/C23H27N5O2/c1-27-11-5-13-29-21(27)15-30-23-25-19-14-28(12-10-18(19)22(24)26-23)20-9-4-7-16-6-2-3-8-17(16)20/h2-4,6-9,21H,5,10-15H2,1H3,(H2,24,25,26)/t21-/m0/s1. The molecule has 1 saturated heterocycles. The number of hydrogen-bond donors (Lipinski definition) is 1. The monoisotopic (exact) mass is 405 g/mol. The first-order valence-corrected chi connectivity index (χ1v) is 10.5. The lowest BCUT2D eigenvalue weighted by molar-refractivity contribution is -0.103. The second-order valence-electron chi connectivity index (χ2n) is 7.96. The van der Waals surface area contributed by atoms with Gasteiger partial charge in [0.05, 0.1) is 18.8 Å². The Morgan fingerprint density at radius 2 is 2.00 bits per heavy atom. The van der Waals surface area contributed by atoms with Crippen molar-refractivity contribution in [1.29, 1.82) is 0 Å². The Morgan fingerprint density at radius 3 is 2.90 bits per heavy atom. The molecule has 3 heterocycles. The lowest BCUT2D eigenvalue weighted by atomic mass is 10.0. The van der Waals surface area contributed by atoms with Crippen LogP contribution in [0.4, 0.5) is 11.5 Å². The third kappa shape index (κ3) is 3.66. The molecule has 2 aromatic carbocycles. The van der Waals surface area contributed by atoms with Gasteiger partial charge < -0.3 is 20.1 Å². The smallest absolute Gasteiger partial charge is 0.318 e. The van der Waals surface area contributed by atoms with Crippen molar-refractivity contribution in [3.63, 3.8) is 0 Å². The van der Waals surface area contributed by atoms with Gasteiger partial charge in [-0.2, -0.15) is 9.97 Å². The summed E-state index contributed by atoms with van der Waals surface area (Å²) in [7, 11) is 2.04. The normalized spacial score (nSPS) is 19.6. The van der Waals surface area contributed by atoms with Crippen molar-refractivity contribution in [3.8, 4) is 6.01 Å². The molecule has 0 aliphatic carbocycles. The molecule has 1 atom stereocenters. The summed E-state index contributed by atoms with van der Waals surface area (Å²) in [4.78, 5) is 13.6. The molecule has 30 heavy (non-hydrogen) atoms. The van der Waals surface area contributed by atoms with Crippen molar-refractivity contribution in [2.24, 2.45) is 0 Å². The number of ether oxygens (including phenoxy) is 2. The van der Waals surface area contributed by atoms with Crippen LogP contribution in [0.15, 0.2) is 42.5 Å². The third-order valence-corrected chi connectivity index (χ3v) is 6.00. The molecule has 0 spiro atoms. The van der Waals surface area contributed by atoms with Gasteiger partial charge in [-0.15, -0.1) is 0 Å². The zero-order valence-corrected chi connectivity index (χ0v) is 17.3. The number of rotatable bonds is 4. The Kier molecular flexibility index (Phi) is 5.14. The highest BCUT2D eigenvalue weighted by Crippen LogP contribution is 2.32. The predicted molar refractivity (Wildman–Crippen MR) is 118 cm³/mol. The van der Waals surface area contributed by atoms with Gasteiger partial charge in [0.1, 0.15) is 18.7 Å². The molecule has 2 aliphatic heterocycles. The van der Waals surface area contributed by atoms with E-state index in [0.29, 0.717) is 25.0 Å². The van der Waals surface area contributed by atoms with E-state index in [4.69, 9.17) is 20.2 Å². The van der Waals surface area contributed by atoms with E-state index in [-0.39, 0.29) is 6.23 Å². The van der Waals surface area contributed by atoms with E-state index < -0.39 is 0 Å². The van der Waals surface area contributed by atoms with E-state index in [1.807, 2.05) is 7.05 Å². The van der Waals surface area contributed by atoms with Crippen LogP contribution in [0.5, 0.6) is 6.01 Å². The lowest BCUT2D eigenvalue weighted by Crippen LogP contribution is -2.43. The Labute approximate surface area is 176 Å². The molecule has 3 aromatic rings. The fraction of sp³-hybridized carbons (Fsp3) is 0.391. The average Bonchev–Trinajstić information content (AvgIpc) is 2.78. The number of nitrogens with zero attached hydrogens (tertiary/aromatic N) is 4. The highest BCUT2D eigenvalue weighted by molar-refractivity contribution is 5.94. The van der Waals surface area contributed by atoms with Crippen LogP contribution in [0.25, 0.3) is 10.8 Å². The van der Waals surface area contributed by atoms with E-state index in [1.54, 1.807) is 0 Å². The van der Waals surface area contributed by atoms with Crippen LogP contribution in [0, 0.1) is 0 Å². The number of fused-ring (bicyclic) bond motifs is 2. The number of aromatic nitrogens is 2. The molecule has 5 rings (SSSR count). The minimum absolute atomic E-state index is 0.0770. The van der Waals surface area contributed by atoms with Gasteiger partial charge in [0, 0.05) is 29.7 Å². The van der Waals surface area contributed by atoms with E-state index in [2.05, 4.69) is 57.2 Å². The van der Waals surface area contributed by atoms with Crippen LogP contribution >= 0.6 is 0 Å². The molecule has 0 amide bonds. The van der Waals surface area contributed by atoms with Crippen molar-refractivity contribution < 1.29 is 9.47 Å². The molecule has 2 aliphatic rings. The van der Waals surface area contributed by atoms with Crippen molar-refractivity contribution >= 4 is 22.3 Å². The van der Waals surface area contributed by atoms with Gasteiger partial charge in [0.2, 0.25) is 0 Å². The van der Waals surface area contributed by atoms with Crippen LogP contribution in [0.1, 0.15) is 17.7 Å². The Hall–Kier alpha value is -2.90. The number of hydrogen-bond acceptors (Lipinski definition) is 7. The summed E-state index contributed by atoms with van der Waals surface area (Å²) >= 11 is 0. The molecule has 0 saturated carbocycles. The molecule has 7 heteroatoms. The topological polar surface area (TPSA) is 76.7 Å². The Morgan fingerprint density at radius 1 is 1.13 bits per heavy atom. The maximum atomic E-state index is 6.26. The SMILES string of the molecule is CN1CCCO[C@H]1COc1nc(N)c2c(n1)CN(c1cccc3ccccc13)CC2. The van der Waals surface area contributed by atoms with E-state index in [0.717, 1.165) is 43.8 Å². The van der Waals surface area contributed by atoms with Crippen LogP contribution in [0.2, 0.25) is 0 Å². The second-order valence-corrected chi connectivity index (χ2v) is 7.96. The van der Waals surface area contributed by atoms with Gasteiger partial charge in [-0.25, -0.2) is 0 Å². The molecular weight excluding hydrogens is 378 g/mol. The molecular formula is C23H27N5O2. The van der Waals surface area contributed by atoms with Gasteiger partial charge in [-0.1, -0.05) is 36.4 Å². The predicted octanol–water partition coefficient (Wildman–Crippen LogP) is 2.83. The van der Waals surface area contributed by atoms with Crippen LogP contribution in [-0.4, -0.2) is 54.4 Å². The molecule has 1 aromatic heterocycles. The Balaban J connectivity index is 1.37. The van der Waals surface area contributed by atoms with E-state index in [9.17, 15) is 0 Å². The van der Waals surface area contributed by atoms with Crippen molar-refractivity contribution in [2.45, 2.75) is 25.6 Å². The number of nitrogens with two attached hydrogens (primary N) is 1. The van der Waals surface area contributed by atoms with E-state index >= 15 is 0 Å². The maximum absolute atomic E-state index is 6.26. The summed E-state index contributed by atoms with van der Waals surface area (Å²) in [6.45, 7) is 3.72. The largest absolute Gasteiger partial charge is 0.459 e. The van der Waals surface area contributed by atoms with Gasteiger partial charge in [-0.3, -0.25) is 4.90 Å². The van der Waals surface area contributed by atoms with Crippen LogP contribution < -0.4 is 15.4 Å². The van der Waals surface area contributed by atoms with Gasteiger partial charge in [0.15, 0.2) is 0 Å². The fourth-order valence-corrected chi connectivity index (χ4v) is 4.32. The summed E-state index contributed by atoms with van der Waals surface area (Å²) in [5.41, 5.74) is 9.45. The van der Waals surface area contributed by atoms with Crippen LogP contribution in [-0.2, 0) is 17.7 Å². The van der Waals surface area contributed by atoms with Crippen LogP contribution in [0.3, 0.4) is 0 Å². The van der Waals surface area contributed by atoms with E-state index in [1.165, 1.54) is 16.5 Å². The number of nitrogen functional groups attached to an aromatic ring is 1. The average molecular weight is 406 g/mol. The zero-order valence-electron chi connectivity index (χ0n) is 17.3. The lowest BCUT2D eigenvalue weighted by Gasteiger charge is -2.32. The highest BCUT2D eigenvalue weighted by Gasteiger charge is 2.24. The Bertz CT molecular complexity index is 1050. The number of benzene rings is 2. The van der Waals surface area contributed by atoms with Crippen molar-refractivity contribution in [2.75, 3.05) is 44.0 Å². The molecule has 7 nitrogen and oxygen atoms in total. The second kappa shape index (κ2) is 8.08.